The number of carbonyl (C=O) groups is 3. The molecule has 260 valence electrons. The van der Waals surface area contributed by atoms with Crippen molar-refractivity contribution in [3.8, 4) is 16.9 Å². The number of nitrogens with one attached hydrogen (secondary N) is 3. The van der Waals surface area contributed by atoms with Crippen LogP contribution in [0.2, 0.25) is 0 Å². The van der Waals surface area contributed by atoms with E-state index in [1.807, 2.05) is 69.3 Å². The Kier molecular flexibility index (Phi) is 13.3. The summed E-state index contributed by atoms with van der Waals surface area (Å²) in [7, 11) is 2.80. The van der Waals surface area contributed by atoms with Gasteiger partial charge in [0.25, 0.3) is 5.91 Å². The van der Waals surface area contributed by atoms with Crippen molar-refractivity contribution >= 4 is 18.1 Å². The first-order chi connectivity index (χ1) is 22.6. The van der Waals surface area contributed by atoms with Crippen LogP contribution in [0.3, 0.4) is 0 Å². The van der Waals surface area contributed by atoms with Gasteiger partial charge in [-0.3, -0.25) is 15.2 Å². The first-order valence-electron chi connectivity index (χ1n) is 15.8. The molecule has 0 saturated carbocycles. The SMILES string of the molecule is COC(=O)NC(C(=O)NN(Cc1ccc(-c2ccncc2)cc1)C[C@H](O)[C@H](Cc1ccc(OC)cc1)NC(=O)OC(C)(C)C)C(C)(C)C. The molecule has 12 heteroatoms. The Labute approximate surface area is 283 Å². The second-order valence-electron chi connectivity index (χ2n) is 13.6. The highest BCUT2D eigenvalue weighted by atomic mass is 16.6. The highest BCUT2D eigenvalue weighted by Crippen LogP contribution is 2.22. The minimum atomic E-state index is -1.17. The number of aliphatic hydroxyl groups is 1. The van der Waals surface area contributed by atoms with E-state index in [0.29, 0.717) is 5.75 Å². The number of pyridine rings is 1. The summed E-state index contributed by atoms with van der Waals surface area (Å²) in [6.45, 7) is 10.9. The summed E-state index contributed by atoms with van der Waals surface area (Å²) in [4.78, 5) is 42.8. The first kappa shape index (κ1) is 37.8. The molecule has 0 radical (unpaired) electrons. The maximum atomic E-state index is 13.7. The van der Waals surface area contributed by atoms with Crippen molar-refractivity contribution < 1.29 is 33.7 Å². The van der Waals surface area contributed by atoms with Crippen LogP contribution >= 0.6 is 0 Å². The number of aliphatic hydroxyl groups excluding tert-OH is 1. The lowest BCUT2D eigenvalue weighted by atomic mass is 9.86. The summed E-state index contributed by atoms with van der Waals surface area (Å²) >= 11 is 0. The Bertz CT molecular complexity index is 1470. The van der Waals surface area contributed by atoms with Crippen molar-refractivity contribution in [2.24, 2.45) is 5.41 Å². The summed E-state index contributed by atoms with van der Waals surface area (Å²) < 4.78 is 15.5. The van der Waals surface area contributed by atoms with Crippen LogP contribution in [0.15, 0.2) is 73.1 Å². The average Bonchev–Trinajstić information content (AvgIpc) is 3.02. The molecule has 12 nitrogen and oxygen atoms in total. The minimum Gasteiger partial charge on any atom is -0.497 e. The van der Waals surface area contributed by atoms with E-state index in [9.17, 15) is 19.5 Å². The third-order valence-corrected chi connectivity index (χ3v) is 7.37. The van der Waals surface area contributed by atoms with Gasteiger partial charge in [0.15, 0.2) is 0 Å². The van der Waals surface area contributed by atoms with Gasteiger partial charge >= 0.3 is 12.2 Å². The van der Waals surface area contributed by atoms with Crippen LogP contribution in [0.1, 0.15) is 52.7 Å². The van der Waals surface area contributed by atoms with Crippen molar-refractivity contribution in [3.63, 3.8) is 0 Å². The Balaban J connectivity index is 1.91. The van der Waals surface area contributed by atoms with E-state index >= 15 is 0 Å². The number of hydrogen-bond donors (Lipinski definition) is 4. The van der Waals surface area contributed by atoms with E-state index < -0.39 is 47.3 Å². The molecule has 0 fully saturated rings. The lowest BCUT2D eigenvalue weighted by Crippen LogP contribution is -2.59. The van der Waals surface area contributed by atoms with Gasteiger partial charge in [-0.15, -0.1) is 0 Å². The molecule has 3 rings (SSSR count). The first-order valence-corrected chi connectivity index (χ1v) is 15.8. The summed E-state index contributed by atoms with van der Waals surface area (Å²) in [5.41, 5.74) is 5.16. The van der Waals surface area contributed by atoms with E-state index in [0.717, 1.165) is 22.3 Å². The quantitative estimate of drug-likeness (QED) is 0.188. The molecule has 1 unspecified atom stereocenters. The normalized spacial score (nSPS) is 13.5. The molecule has 3 atom stereocenters. The van der Waals surface area contributed by atoms with Gasteiger partial charge in [0.2, 0.25) is 0 Å². The monoisotopic (exact) mass is 663 g/mol. The van der Waals surface area contributed by atoms with Gasteiger partial charge in [-0.25, -0.2) is 14.6 Å². The van der Waals surface area contributed by atoms with Crippen molar-refractivity contribution in [2.75, 3.05) is 20.8 Å². The molecule has 2 aromatic carbocycles. The second kappa shape index (κ2) is 16.9. The highest BCUT2D eigenvalue weighted by Gasteiger charge is 2.35. The molecule has 48 heavy (non-hydrogen) atoms. The maximum absolute atomic E-state index is 13.7. The topological polar surface area (TPSA) is 151 Å². The number of carbonyl (C=O) groups excluding carboxylic acids is 3. The molecular weight excluding hydrogens is 614 g/mol. The van der Waals surface area contributed by atoms with Crippen LogP contribution in [0.5, 0.6) is 5.75 Å². The maximum Gasteiger partial charge on any atom is 0.407 e. The number of rotatable bonds is 13. The van der Waals surface area contributed by atoms with Gasteiger partial charge in [-0.2, -0.15) is 0 Å². The molecule has 0 bridgehead atoms. The van der Waals surface area contributed by atoms with Crippen molar-refractivity contribution in [1.82, 2.24) is 26.1 Å². The largest absolute Gasteiger partial charge is 0.497 e. The van der Waals surface area contributed by atoms with Crippen LogP contribution < -0.4 is 20.8 Å². The van der Waals surface area contributed by atoms with Crippen LogP contribution in [0, 0.1) is 5.41 Å². The van der Waals surface area contributed by atoms with E-state index in [1.165, 1.54) is 7.11 Å². The Morgan fingerprint density at radius 3 is 1.94 bits per heavy atom. The summed E-state index contributed by atoms with van der Waals surface area (Å²) in [5.74, 6) is 0.175. The third-order valence-electron chi connectivity index (χ3n) is 7.37. The number of aromatic nitrogens is 1. The molecular formula is C36H49N5O7. The predicted molar refractivity (Wildman–Crippen MR) is 183 cm³/mol. The van der Waals surface area contributed by atoms with Crippen LogP contribution in [0.4, 0.5) is 9.59 Å². The second-order valence-corrected chi connectivity index (χ2v) is 13.6. The number of ether oxygens (including phenoxy) is 3. The minimum absolute atomic E-state index is 0.0798. The number of nitrogens with zero attached hydrogens (tertiary/aromatic N) is 2. The Morgan fingerprint density at radius 1 is 0.812 bits per heavy atom. The van der Waals surface area contributed by atoms with Crippen molar-refractivity contribution in [2.45, 2.75) is 78.3 Å². The average molecular weight is 664 g/mol. The molecule has 0 saturated heterocycles. The lowest BCUT2D eigenvalue weighted by molar-refractivity contribution is -0.131. The molecule has 0 aliphatic heterocycles. The number of methoxy groups -OCH3 is 2. The molecule has 1 heterocycles. The van der Waals surface area contributed by atoms with Gasteiger partial charge in [-0.05, 0) is 79.1 Å². The van der Waals surface area contributed by atoms with Gasteiger partial charge < -0.3 is 30.0 Å². The zero-order valence-corrected chi connectivity index (χ0v) is 29.1. The number of alkyl carbamates (subject to hydrolysis) is 2. The number of amides is 3. The molecule has 4 N–H and O–H groups in total. The van der Waals surface area contributed by atoms with Gasteiger partial charge in [0, 0.05) is 25.5 Å². The summed E-state index contributed by atoms with van der Waals surface area (Å²) in [5, 5.41) is 18.7. The predicted octanol–water partition coefficient (Wildman–Crippen LogP) is 4.86. The molecule has 0 aliphatic rings. The fraction of sp³-hybridized carbons (Fsp3) is 0.444. The summed E-state index contributed by atoms with van der Waals surface area (Å²) in [6.07, 6.45) is 1.12. The fourth-order valence-corrected chi connectivity index (χ4v) is 4.90. The number of hydrogen-bond acceptors (Lipinski definition) is 9. The van der Waals surface area contributed by atoms with Gasteiger partial charge in [0.1, 0.15) is 17.4 Å². The number of hydrazine groups is 1. The van der Waals surface area contributed by atoms with E-state index in [1.54, 1.807) is 57.4 Å². The Morgan fingerprint density at radius 2 is 1.40 bits per heavy atom. The fourth-order valence-electron chi connectivity index (χ4n) is 4.90. The molecule has 0 spiro atoms. The van der Waals surface area contributed by atoms with Crippen LogP contribution in [-0.2, 0) is 27.2 Å². The van der Waals surface area contributed by atoms with E-state index in [-0.39, 0.29) is 19.5 Å². The number of benzene rings is 2. The molecule has 3 aromatic rings. The molecule has 0 aliphatic carbocycles. The standard InChI is InChI=1S/C36H49N5O7/c1-35(2,3)31(39-33(44)47-8)32(43)40-41(22-25-9-13-26(14-10-25)27-17-19-37-20-18-27)23-30(42)29(38-34(45)48-36(4,5)6)21-24-11-15-28(46-7)16-12-24/h9-20,29-31,42H,21-23H2,1-8H3,(H,38,45)(H,39,44)(H,40,43)/t29-,30-,31?/m0/s1. The van der Waals surface area contributed by atoms with E-state index in [2.05, 4.69) is 21.0 Å². The van der Waals surface area contributed by atoms with Gasteiger partial charge in [-0.1, -0.05) is 57.2 Å². The Hall–Kier alpha value is -4.68. The zero-order chi connectivity index (χ0) is 35.5. The molecule has 3 amide bonds. The van der Waals surface area contributed by atoms with Crippen molar-refractivity contribution in [3.05, 3.63) is 84.2 Å². The zero-order valence-electron chi connectivity index (χ0n) is 29.1. The lowest BCUT2D eigenvalue weighted by Gasteiger charge is -2.34. The van der Waals surface area contributed by atoms with Crippen LogP contribution in [-0.4, -0.2) is 77.7 Å². The summed E-state index contributed by atoms with van der Waals surface area (Å²) in [6, 6.07) is 17.2. The van der Waals surface area contributed by atoms with Crippen molar-refractivity contribution in [1.29, 1.82) is 0 Å². The molecule has 1 aromatic heterocycles. The van der Waals surface area contributed by atoms with E-state index in [4.69, 9.17) is 14.2 Å². The highest BCUT2D eigenvalue weighted by molar-refractivity contribution is 5.86. The third kappa shape index (κ3) is 12.2. The van der Waals surface area contributed by atoms with Gasteiger partial charge in [0.05, 0.1) is 26.4 Å². The van der Waals surface area contributed by atoms with Crippen LogP contribution in [0.25, 0.3) is 11.1 Å². The smallest absolute Gasteiger partial charge is 0.407 e.